The van der Waals surface area contributed by atoms with E-state index in [1.54, 1.807) is 10.8 Å². The van der Waals surface area contributed by atoms with E-state index in [4.69, 9.17) is 0 Å². The molecule has 1 aliphatic rings. The number of hydrogen-bond donors (Lipinski definition) is 0. The summed E-state index contributed by atoms with van der Waals surface area (Å²) in [5.74, 6) is 0. The highest BCUT2D eigenvalue weighted by molar-refractivity contribution is 6.64. The molecule has 0 atom stereocenters. The van der Waals surface area contributed by atoms with Crippen LogP contribution in [0.25, 0.3) is 0 Å². The lowest BCUT2D eigenvalue weighted by molar-refractivity contribution is 0.178. The third-order valence-electron chi connectivity index (χ3n) is 3.70. The van der Waals surface area contributed by atoms with Gasteiger partial charge in [0.15, 0.2) is 0 Å². The summed E-state index contributed by atoms with van der Waals surface area (Å²) in [7, 11) is -0.555. The highest BCUT2D eigenvalue weighted by atomic mass is 28.3. The first-order valence-electron chi connectivity index (χ1n) is 7.07. The zero-order valence-electron chi connectivity index (χ0n) is 12.5. The van der Waals surface area contributed by atoms with E-state index < -0.39 is 8.80 Å². The van der Waals surface area contributed by atoms with Crippen LogP contribution in [0, 0.1) is 0 Å². The van der Waals surface area contributed by atoms with E-state index in [0.717, 1.165) is 0 Å². The van der Waals surface area contributed by atoms with Gasteiger partial charge >= 0.3 is 0 Å². The maximum Gasteiger partial charge on any atom is 0.0599 e. The molecule has 0 bridgehead atoms. The van der Waals surface area contributed by atoms with E-state index in [0.29, 0.717) is 12.1 Å². The number of rotatable bonds is 6. The van der Waals surface area contributed by atoms with Crippen LogP contribution in [-0.4, -0.2) is 32.3 Å². The van der Waals surface area contributed by atoms with Crippen LogP contribution in [0.15, 0.2) is 22.9 Å². The van der Waals surface area contributed by atoms with Gasteiger partial charge in [0.05, 0.1) is 8.80 Å². The predicted molar refractivity (Wildman–Crippen MR) is 81.3 cm³/mol. The molecule has 0 aliphatic heterocycles. The fourth-order valence-corrected chi connectivity index (χ4v) is 3.69. The van der Waals surface area contributed by atoms with Crippen molar-refractivity contribution in [3.63, 3.8) is 0 Å². The lowest BCUT2D eigenvalue weighted by atomic mass is 10.1. The van der Waals surface area contributed by atoms with Crippen molar-refractivity contribution in [2.45, 2.75) is 65.7 Å². The quantitative estimate of drug-likeness (QED) is 0.649. The Kier molecular flexibility index (Phi) is 5.67. The van der Waals surface area contributed by atoms with Gasteiger partial charge in [0.25, 0.3) is 0 Å². The van der Waals surface area contributed by atoms with Crippen molar-refractivity contribution < 1.29 is 0 Å². The monoisotopic (exact) mass is 251 g/mol. The Labute approximate surface area is 109 Å². The fraction of sp³-hybridized carbons (Fsp3) is 0.733. The molecule has 0 aromatic heterocycles. The van der Waals surface area contributed by atoms with Crippen molar-refractivity contribution in [1.29, 1.82) is 0 Å². The van der Waals surface area contributed by atoms with E-state index in [-0.39, 0.29) is 0 Å². The zero-order chi connectivity index (χ0) is 13.0. The molecule has 1 nitrogen and oxygen atoms in total. The van der Waals surface area contributed by atoms with Crippen molar-refractivity contribution >= 4 is 8.80 Å². The Balaban J connectivity index is 2.46. The molecule has 0 aromatic rings. The molecule has 0 heterocycles. The molecule has 0 N–H and O–H groups in total. The third-order valence-corrected chi connectivity index (χ3v) is 5.58. The van der Waals surface area contributed by atoms with Gasteiger partial charge in [0.2, 0.25) is 0 Å². The summed E-state index contributed by atoms with van der Waals surface area (Å²) in [6.07, 6.45) is 7.39. The first-order valence-corrected chi connectivity index (χ1v) is 9.95. The van der Waals surface area contributed by atoms with Gasteiger partial charge in [-0.1, -0.05) is 36.0 Å². The minimum Gasteiger partial charge on any atom is -0.298 e. The van der Waals surface area contributed by atoms with Gasteiger partial charge in [-0.15, -0.1) is 0 Å². The van der Waals surface area contributed by atoms with Crippen molar-refractivity contribution in [2.24, 2.45) is 0 Å². The van der Waals surface area contributed by atoms with Gasteiger partial charge < -0.3 is 0 Å². The summed E-state index contributed by atoms with van der Waals surface area (Å²) in [4.78, 5) is 2.58. The molecule has 0 saturated heterocycles. The minimum atomic E-state index is -0.555. The van der Waals surface area contributed by atoms with Gasteiger partial charge in [0.1, 0.15) is 0 Å². The SMILES string of the molecule is CC(C)N(CCC1=CCC([SiH](C)C)=C1)C(C)C. The first-order chi connectivity index (χ1) is 7.91. The van der Waals surface area contributed by atoms with Crippen LogP contribution in [0.2, 0.25) is 13.1 Å². The largest absolute Gasteiger partial charge is 0.298 e. The van der Waals surface area contributed by atoms with Crippen molar-refractivity contribution in [3.8, 4) is 0 Å². The molecule has 0 fully saturated rings. The smallest absolute Gasteiger partial charge is 0.0599 e. The fourth-order valence-electron chi connectivity index (χ4n) is 2.55. The molecule has 1 aliphatic carbocycles. The molecule has 0 unspecified atom stereocenters. The molecule has 1 rings (SSSR count). The third kappa shape index (κ3) is 4.44. The Bertz CT molecular complexity index is 292. The second-order valence-corrected chi connectivity index (χ2v) is 9.08. The molecule has 98 valence electrons. The summed E-state index contributed by atoms with van der Waals surface area (Å²) in [5, 5.41) is 1.74. The average Bonchev–Trinajstić information content (AvgIpc) is 2.65. The van der Waals surface area contributed by atoms with E-state index in [1.165, 1.54) is 19.4 Å². The summed E-state index contributed by atoms with van der Waals surface area (Å²) < 4.78 is 0. The minimum absolute atomic E-state index is 0.555. The molecular weight excluding hydrogens is 222 g/mol. The number of nitrogens with zero attached hydrogens (tertiary/aromatic N) is 1. The molecule has 0 amide bonds. The zero-order valence-corrected chi connectivity index (χ0v) is 13.6. The summed E-state index contributed by atoms with van der Waals surface area (Å²) in [5.41, 5.74) is 1.58. The number of allylic oxidation sites excluding steroid dienone is 3. The molecule has 17 heavy (non-hydrogen) atoms. The van der Waals surface area contributed by atoms with Crippen LogP contribution in [0.5, 0.6) is 0 Å². The molecule has 2 heteroatoms. The molecular formula is C15H29NSi. The summed E-state index contributed by atoms with van der Waals surface area (Å²) >= 11 is 0. The maximum atomic E-state index is 2.58. The maximum absolute atomic E-state index is 2.58. The van der Waals surface area contributed by atoms with E-state index in [2.05, 4.69) is 57.8 Å². The standard InChI is InChI=1S/C15H29NSi/c1-12(2)16(13(3)4)10-9-14-7-8-15(11-14)17(5)6/h7,11-13,17H,8-10H2,1-6H3. The lowest BCUT2D eigenvalue weighted by Gasteiger charge is -2.30. The first kappa shape index (κ1) is 14.7. The lowest BCUT2D eigenvalue weighted by Crippen LogP contribution is -2.37. The van der Waals surface area contributed by atoms with Gasteiger partial charge in [0, 0.05) is 18.6 Å². The normalized spacial score (nSPS) is 16.4. The van der Waals surface area contributed by atoms with Crippen LogP contribution < -0.4 is 0 Å². The topological polar surface area (TPSA) is 3.24 Å². The van der Waals surface area contributed by atoms with Gasteiger partial charge in [-0.2, -0.15) is 0 Å². The van der Waals surface area contributed by atoms with E-state index in [9.17, 15) is 0 Å². The predicted octanol–water partition coefficient (Wildman–Crippen LogP) is 3.78. The van der Waals surface area contributed by atoms with E-state index in [1.807, 2.05) is 0 Å². The summed E-state index contributed by atoms with van der Waals surface area (Å²) in [6, 6.07) is 1.31. The van der Waals surface area contributed by atoms with Gasteiger partial charge in [-0.05, 0) is 40.5 Å². The van der Waals surface area contributed by atoms with Crippen LogP contribution >= 0.6 is 0 Å². The van der Waals surface area contributed by atoms with Crippen molar-refractivity contribution in [1.82, 2.24) is 4.90 Å². The molecule has 0 saturated carbocycles. The van der Waals surface area contributed by atoms with Crippen LogP contribution in [-0.2, 0) is 0 Å². The van der Waals surface area contributed by atoms with Gasteiger partial charge in [-0.3, -0.25) is 4.90 Å². The summed E-state index contributed by atoms with van der Waals surface area (Å²) in [6.45, 7) is 15.2. The Hall–Kier alpha value is -0.343. The van der Waals surface area contributed by atoms with Crippen molar-refractivity contribution in [3.05, 3.63) is 22.9 Å². The molecule has 0 radical (unpaired) electrons. The average molecular weight is 251 g/mol. The highest BCUT2D eigenvalue weighted by Crippen LogP contribution is 2.22. The van der Waals surface area contributed by atoms with Crippen molar-refractivity contribution in [2.75, 3.05) is 6.54 Å². The second-order valence-electron chi connectivity index (χ2n) is 6.03. The van der Waals surface area contributed by atoms with Gasteiger partial charge in [-0.25, -0.2) is 0 Å². The highest BCUT2D eigenvalue weighted by Gasteiger charge is 2.15. The Morgan fingerprint density at radius 2 is 1.76 bits per heavy atom. The number of hydrogen-bond acceptors (Lipinski definition) is 1. The van der Waals surface area contributed by atoms with E-state index >= 15 is 0 Å². The molecule has 0 aromatic carbocycles. The second kappa shape index (κ2) is 6.55. The molecule has 0 spiro atoms. The van der Waals surface area contributed by atoms with Crippen LogP contribution in [0.1, 0.15) is 40.5 Å². The Morgan fingerprint density at radius 1 is 1.18 bits per heavy atom. The van der Waals surface area contributed by atoms with Crippen LogP contribution in [0.3, 0.4) is 0 Å². The van der Waals surface area contributed by atoms with Crippen LogP contribution in [0.4, 0.5) is 0 Å². The Morgan fingerprint density at radius 3 is 2.18 bits per heavy atom.